The highest BCUT2D eigenvalue weighted by Crippen LogP contribution is 2.23. The third-order valence-corrected chi connectivity index (χ3v) is 4.75. The molecule has 0 unspecified atom stereocenters. The molecule has 0 amide bonds. The molecule has 0 aliphatic carbocycles. The Bertz CT molecular complexity index is 1090. The van der Waals surface area contributed by atoms with E-state index < -0.39 is 0 Å². The van der Waals surface area contributed by atoms with Crippen molar-refractivity contribution in [3.05, 3.63) is 48.3 Å². The Morgan fingerprint density at radius 2 is 2.12 bits per heavy atom. The number of rotatable bonds is 5. The molecule has 0 aliphatic heterocycles. The first-order valence-corrected chi connectivity index (χ1v) is 8.85. The van der Waals surface area contributed by atoms with E-state index in [2.05, 4.69) is 25.7 Å². The minimum atomic E-state index is 0.323. The Labute approximate surface area is 148 Å². The summed E-state index contributed by atoms with van der Waals surface area (Å²) in [5, 5.41) is 15.2. The minimum Gasteiger partial charge on any atom is -0.334 e. The van der Waals surface area contributed by atoms with Crippen LogP contribution < -0.4 is 0 Å². The Morgan fingerprint density at radius 3 is 2.92 bits per heavy atom. The van der Waals surface area contributed by atoms with Gasteiger partial charge in [0.15, 0.2) is 16.6 Å². The van der Waals surface area contributed by atoms with Gasteiger partial charge in [-0.25, -0.2) is 15.0 Å². The molecule has 3 heterocycles. The van der Waals surface area contributed by atoms with E-state index in [0.717, 1.165) is 34.6 Å². The molecule has 0 radical (unpaired) electrons. The Morgan fingerprint density at radius 1 is 1.24 bits per heavy atom. The van der Waals surface area contributed by atoms with Crippen molar-refractivity contribution in [3.8, 4) is 6.07 Å². The monoisotopic (exact) mass is 349 g/mol. The Balaban J connectivity index is 1.75. The van der Waals surface area contributed by atoms with Gasteiger partial charge in [-0.3, -0.25) is 0 Å². The molecule has 0 atom stereocenters. The zero-order valence-electron chi connectivity index (χ0n) is 13.6. The maximum Gasteiger partial charge on any atom is 0.192 e. The van der Waals surface area contributed by atoms with Crippen LogP contribution in [0.3, 0.4) is 0 Å². The van der Waals surface area contributed by atoms with Gasteiger partial charge in [0.1, 0.15) is 0 Å². The first-order valence-electron chi connectivity index (χ1n) is 7.87. The molecule has 0 saturated heterocycles. The molecule has 4 rings (SSSR count). The second-order valence-electron chi connectivity index (χ2n) is 5.60. The van der Waals surface area contributed by atoms with Crippen molar-refractivity contribution >= 4 is 28.3 Å². The fourth-order valence-electron chi connectivity index (χ4n) is 2.71. The van der Waals surface area contributed by atoms with Crippen LogP contribution in [0.5, 0.6) is 0 Å². The lowest BCUT2D eigenvalue weighted by atomic mass is 10.2. The number of nitriles is 1. The van der Waals surface area contributed by atoms with E-state index in [1.165, 1.54) is 11.8 Å². The number of nitrogens with zero attached hydrogens (tertiary/aromatic N) is 7. The lowest BCUT2D eigenvalue weighted by Gasteiger charge is -2.03. The second-order valence-corrected chi connectivity index (χ2v) is 6.54. The molecule has 0 spiro atoms. The summed E-state index contributed by atoms with van der Waals surface area (Å²) in [5.74, 6) is 1.08. The van der Waals surface area contributed by atoms with E-state index in [1.807, 2.05) is 43.7 Å². The zero-order chi connectivity index (χ0) is 17.2. The quantitative estimate of drug-likeness (QED) is 0.407. The maximum absolute atomic E-state index is 8.88. The van der Waals surface area contributed by atoms with Gasteiger partial charge >= 0.3 is 0 Å². The van der Waals surface area contributed by atoms with Crippen LogP contribution in [0, 0.1) is 18.3 Å². The summed E-state index contributed by atoms with van der Waals surface area (Å²) in [7, 11) is 0. The summed E-state index contributed by atoms with van der Waals surface area (Å²) in [6, 6.07) is 10.0. The third-order valence-electron chi connectivity index (χ3n) is 3.96. The van der Waals surface area contributed by atoms with Gasteiger partial charge in [-0.2, -0.15) is 9.78 Å². The van der Waals surface area contributed by atoms with Crippen LogP contribution >= 0.6 is 11.8 Å². The van der Waals surface area contributed by atoms with Crippen molar-refractivity contribution in [2.24, 2.45) is 0 Å². The first-order chi connectivity index (χ1) is 12.3. The smallest absolute Gasteiger partial charge is 0.192 e. The van der Waals surface area contributed by atoms with Crippen LogP contribution in [0.2, 0.25) is 0 Å². The molecule has 0 N–H and O–H groups in total. The van der Waals surface area contributed by atoms with Crippen molar-refractivity contribution in [2.45, 2.75) is 25.0 Å². The van der Waals surface area contributed by atoms with Crippen molar-refractivity contribution in [2.75, 3.05) is 5.75 Å². The van der Waals surface area contributed by atoms with E-state index >= 15 is 0 Å². The summed E-state index contributed by atoms with van der Waals surface area (Å²) >= 11 is 1.37. The molecule has 1 aromatic carbocycles. The van der Waals surface area contributed by atoms with Crippen LogP contribution in [-0.2, 0) is 13.0 Å². The van der Waals surface area contributed by atoms with Gasteiger partial charge in [-0.15, -0.1) is 5.10 Å². The fourth-order valence-corrected chi connectivity index (χ4v) is 3.32. The van der Waals surface area contributed by atoms with Crippen LogP contribution in [0.1, 0.15) is 11.5 Å². The number of hydrogen-bond donors (Lipinski definition) is 0. The Kier molecular flexibility index (Phi) is 4.07. The molecule has 4 aromatic rings. The number of aromatic nitrogens is 6. The number of thioether (sulfide) groups is 1. The average molecular weight is 349 g/mol. The predicted octanol–water partition coefficient (Wildman–Crippen LogP) is 2.64. The average Bonchev–Trinajstić information content (AvgIpc) is 3.24. The summed E-state index contributed by atoms with van der Waals surface area (Å²) < 4.78 is 3.83. The number of hydrogen-bond acceptors (Lipinski definition) is 6. The summed E-state index contributed by atoms with van der Waals surface area (Å²) in [4.78, 5) is 13.5. The highest BCUT2D eigenvalue weighted by Gasteiger charge is 2.13. The van der Waals surface area contributed by atoms with E-state index in [0.29, 0.717) is 17.3 Å². The molecule has 0 aliphatic rings. The number of fused-ring (bicyclic) bond motifs is 3. The highest BCUT2D eigenvalue weighted by atomic mass is 32.2. The maximum atomic E-state index is 8.88. The van der Waals surface area contributed by atoms with Crippen molar-refractivity contribution < 1.29 is 0 Å². The molecular weight excluding hydrogens is 334 g/mol. The number of aryl methyl sites for hydroxylation is 3. The molecule has 0 saturated carbocycles. The second kappa shape index (κ2) is 6.53. The van der Waals surface area contributed by atoms with Gasteiger partial charge in [0.05, 0.1) is 23.7 Å². The molecule has 0 bridgehead atoms. The van der Waals surface area contributed by atoms with Gasteiger partial charge in [-0.1, -0.05) is 23.9 Å². The largest absolute Gasteiger partial charge is 0.334 e. The van der Waals surface area contributed by atoms with E-state index in [-0.39, 0.29) is 0 Å². The van der Waals surface area contributed by atoms with Gasteiger partial charge in [0, 0.05) is 30.2 Å². The van der Waals surface area contributed by atoms with Crippen LogP contribution in [0.15, 0.2) is 41.9 Å². The van der Waals surface area contributed by atoms with Crippen molar-refractivity contribution in [3.63, 3.8) is 0 Å². The van der Waals surface area contributed by atoms with E-state index in [4.69, 9.17) is 10.2 Å². The molecular formula is C17H15N7S. The van der Waals surface area contributed by atoms with Crippen LogP contribution in [-0.4, -0.2) is 34.9 Å². The van der Waals surface area contributed by atoms with Crippen LogP contribution in [0.4, 0.5) is 0 Å². The number of imidazole rings is 1. The van der Waals surface area contributed by atoms with Gasteiger partial charge in [-0.05, 0) is 19.1 Å². The normalized spacial score (nSPS) is 11.2. The van der Waals surface area contributed by atoms with Gasteiger partial charge < -0.3 is 4.57 Å². The molecule has 0 fully saturated rings. The summed E-state index contributed by atoms with van der Waals surface area (Å²) in [5.41, 5.74) is 2.75. The molecule has 25 heavy (non-hydrogen) atoms. The third kappa shape index (κ3) is 2.94. The number of benzene rings is 1. The molecule has 3 aromatic heterocycles. The summed E-state index contributed by atoms with van der Waals surface area (Å²) in [6.45, 7) is 2.80. The van der Waals surface area contributed by atoms with Gasteiger partial charge in [0.25, 0.3) is 0 Å². The fraction of sp³-hybridized carbons (Fsp3) is 0.235. The molecule has 7 nitrogen and oxygen atoms in total. The topological polar surface area (TPSA) is 84.7 Å². The van der Waals surface area contributed by atoms with E-state index in [9.17, 15) is 0 Å². The zero-order valence-corrected chi connectivity index (χ0v) is 14.4. The van der Waals surface area contributed by atoms with Gasteiger partial charge in [0.2, 0.25) is 0 Å². The summed E-state index contributed by atoms with van der Waals surface area (Å²) in [6.07, 6.45) is 4.36. The lowest BCUT2D eigenvalue weighted by molar-refractivity contribution is 0.650. The first kappa shape index (κ1) is 15.6. The highest BCUT2D eigenvalue weighted by molar-refractivity contribution is 7.99. The predicted molar refractivity (Wildman–Crippen MR) is 95.3 cm³/mol. The standard InChI is InChI=1S/C17H15N7S/c1-12-10-19-11-23(12)8-6-15-21-16-13-4-2-3-5-14(13)20-17(24(16)22-15)25-9-7-18/h2-5,10-11H,6,8-9H2,1H3. The van der Waals surface area contributed by atoms with Crippen molar-refractivity contribution in [1.82, 2.24) is 29.1 Å². The minimum absolute atomic E-state index is 0.323. The lowest BCUT2D eigenvalue weighted by Crippen LogP contribution is -2.03. The van der Waals surface area contributed by atoms with E-state index in [1.54, 1.807) is 4.52 Å². The SMILES string of the molecule is Cc1cncn1CCc1nc2c3ccccc3nc(SCC#N)n2n1. The number of para-hydroxylation sites is 1. The Hall–Kier alpha value is -2.92. The molecule has 124 valence electrons. The molecule has 8 heteroatoms. The van der Waals surface area contributed by atoms with Crippen molar-refractivity contribution in [1.29, 1.82) is 5.26 Å². The van der Waals surface area contributed by atoms with Crippen LogP contribution in [0.25, 0.3) is 16.6 Å².